The molecule has 160 valence electrons. The van der Waals surface area contributed by atoms with Crippen LogP contribution in [0.15, 0.2) is 90.0 Å². The molecule has 2 N–H and O–H groups in total. The second-order valence-electron chi connectivity index (χ2n) is 6.66. The van der Waals surface area contributed by atoms with Gasteiger partial charge in [-0.1, -0.05) is 42.5 Å². The molecule has 0 saturated heterocycles. The fourth-order valence-corrected chi connectivity index (χ4v) is 2.68. The van der Waals surface area contributed by atoms with E-state index >= 15 is 0 Å². The number of esters is 1. The van der Waals surface area contributed by atoms with E-state index in [4.69, 9.17) is 4.74 Å². The van der Waals surface area contributed by atoms with Crippen molar-refractivity contribution >= 4 is 35.8 Å². The van der Waals surface area contributed by atoms with Crippen molar-refractivity contribution in [3.63, 3.8) is 0 Å². The lowest BCUT2D eigenvalue weighted by Gasteiger charge is -2.06. The van der Waals surface area contributed by atoms with Crippen LogP contribution in [0.25, 0.3) is 6.08 Å². The number of anilines is 1. The number of rotatable bonds is 7. The van der Waals surface area contributed by atoms with Gasteiger partial charge in [-0.3, -0.25) is 9.59 Å². The molecule has 2 amide bonds. The van der Waals surface area contributed by atoms with Crippen LogP contribution in [0.1, 0.15) is 28.4 Å². The maximum Gasteiger partial charge on any atom is 0.336 e. The van der Waals surface area contributed by atoms with Gasteiger partial charge in [0, 0.05) is 29.8 Å². The van der Waals surface area contributed by atoms with Crippen molar-refractivity contribution in [2.75, 3.05) is 5.32 Å². The molecule has 0 aliphatic rings. The number of ether oxygens (including phenoxy) is 1. The zero-order valence-electron chi connectivity index (χ0n) is 17.3. The fourth-order valence-electron chi connectivity index (χ4n) is 2.68. The molecule has 0 radical (unpaired) electrons. The lowest BCUT2D eigenvalue weighted by atomic mass is 10.2. The number of nitrogens with one attached hydrogen (secondary N) is 2. The minimum Gasteiger partial charge on any atom is -0.423 e. The molecule has 0 atom stereocenters. The molecule has 0 spiro atoms. The molecule has 32 heavy (non-hydrogen) atoms. The summed E-state index contributed by atoms with van der Waals surface area (Å²) in [5, 5.41) is 6.58. The number of carbonyl (C=O) groups excluding carboxylic acids is 3. The van der Waals surface area contributed by atoms with Crippen LogP contribution in [-0.2, 0) is 9.59 Å². The molecule has 0 bridgehead atoms. The monoisotopic (exact) mass is 427 g/mol. The summed E-state index contributed by atoms with van der Waals surface area (Å²) in [6.07, 6.45) is 4.40. The van der Waals surface area contributed by atoms with E-state index in [2.05, 4.69) is 15.8 Å². The molecule has 0 unspecified atom stereocenters. The number of hydrogen-bond acceptors (Lipinski definition) is 5. The Labute approximate surface area is 185 Å². The summed E-state index contributed by atoms with van der Waals surface area (Å²) >= 11 is 0. The highest BCUT2D eigenvalue weighted by Gasteiger charge is 2.07. The van der Waals surface area contributed by atoms with Crippen molar-refractivity contribution in [3.05, 3.63) is 102 Å². The Morgan fingerprint density at radius 2 is 1.56 bits per heavy atom. The van der Waals surface area contributed by atoms with Gasteiger partial charge in [-0.05, 0) is 48.0 Å². The molecular weight excluding hydrogens is 406 g/mol. The molecule has 3 rings (SSSR count). The minimum atomic E-state index is -0.530. The topological polar surface area (TPSA) is 96.9 Å². The van der Waals surface area contributed by atoms with Crippen LogP contribution in [0.4, 0.5) is 5.69 Å². The normalized spacial score (nSPS) is 10.8. The number of nitrogens with zero attached hydrogens (tertiary/aromatic N) is 1. The van der Waals surface area contributed by atoms with Gasteiger partial charge in [0.1, 0.15) is 5.75 Å². The molecule has 3 aromatic rings. The maximum absolute atomic E-state index is 12.2. The van der Waals surface area contributed by atoms with Crippen LogP contribution in [0.5, 0.6) is 5.75 Å². The maximum atomic E-state index is 12.2. The molecule has 7 heteroatoms. The molecule has 0 aliphatic carbocycles. The fraction of sp³-hybridized carbons (Fsp3) is 0.0400. The second-order valence-corrected chi connectivity index (χ2v) is 6.66. The van der Waals surface area contributed by atoms with E-state index in [1.807, 2.05) is 30.3 Å². The first-order chi connectivity index (χ1) is 15.5. The van der Waals surface area contributed by atoms with Crippen molar-refractivity contribution in [2.24, 2.45) is 5.10 Å². The van der Waals surface area contributed by atoms with Crippen LogP contribution >= 0.6 is 0 Å². The van der Waals surface area contributed by atoms with E-state index in [1.165, 1.54) is 19.2 Å². The van der Waals surface area contributed by atoms with Crippen LogP contribution in [-0.4, -0.2) is 24.0 Å². The Morgan fingerprint density at radius 1 is 0.875 bits per heavy atom. The van der Waals surface area contributed by atoms with Crippen molar-refractivity contribution in [1.29, 1.82) is 0 Å². The third-order valence-corrected chi connectivity index (χ3v) is 4.18. The minimum absolute atomic E-state index is 0.193. The summed E-state index contributed by atoms with van der Waals surface area (Å²) in [6.45, 7) is 1.41. The Balaban J connectivity index is 1.60. The van der Waals surface area contributed by atoms with Gasteiger partial charge in [-0.25, -0.2) is 10.2 Å². The first-order valence-corrected chi connectivity index (χ1v) is 9.76. The summed E-state index contributed by atoms with van der Waals surface area (Å²) in [5.74, 6) is -0.830. The Hall–Kier alpha value is -4.52. The third kappa shape index (κ3) is 6.77. The van der Waals surface area contributed by atoms with Crippen LogP contribution in [0.3, 0.4) is 0 Å². The summed E-state index contributed by atoms with van der Waals surface area (Å²) in [4.78, 5) is 35.5. The van der Waals surface area contributed by atoms with Crippen molar-refractivity contribution in [2.45, 2.75) is 6.92 Å². The van der Waals surface area contributed by atoms with Gasteiger partial charge in [-0.2, -0.15) is 5.10 Å². The Bertz CT molecular complexity index is 1150. The standard InChI is InChI=1S/C25H21N3O4/c1-18(29)27-22-14-12-20(13-15-22)25(31)28-26-17-21-9-5-6-10-23(21)32-24(30)16-11-19-7-3-2-4-8-19/h2-17H,1H3,(H,27,29)(H,28,31)/b16-11+,26-17+. The largest absolute Gasteiger partial charge is 0.423 e. The van der Waals surface area contributed by atoms with Crippen LogP contribution in [0, 0.1) is 0 Å². The Kier molecular flexibility index (Phi) is 7.64. The van der Waals surface area contributed by atoms with E-state index in [0.717, 1.165) is 5.56 Å². The van der Waals surface area contributed by atoms with E-state index < -0.39 is 11.9 Å². The highest BCUT2D eigenvalue weighted by atomic mass is 16.5. The Morgan fingerprint density at radius 3 is 2.28 bits per heavy atom. The lowest BCUT2D eigenvalue weighted by molar-refractivity contribution is -0.128. The number of benzene rings is 3. The van der Waals surface area contributed by atoms with Gasteiger partial charge < -0.3 is 10.1 Å². The number of hydrazone groups is 1. The number of para-hydroxylation sites is 1. The summed E-state index contributed by atoms with van der Waals surface area (Å²) < 4.78 is 5.39. The molecule has 0 heterocycles. The molecule has 0 saturated carbocycles. The molecule has 0 aliphatic heterocycles. The average molecular weight is 427 g/mol. The number of amides is 2. The van der Waals surface area contributed by atoms with Gasteiger partial charge in [0.2, 0.25) is 5.91 Å². The van der Waals surface area contributed by atoms with E-state index in [-0.39, 0.29) is 5.91 Å². The summed E-state index contributed by atoms with van der Waals surface area (Å²) in [7, 11) is 0. The van der Waals surface area contributed by atoms with Gasteiger partial charge in [0.05, 0.1) is 6.21 Å². The predicted molar refractivity (Wildman–Crippen MR) is 123 cm³/mol. The van der Waals surface area contributed by atoms with Crippen LogP contribution < -0.4 is 15.5 Å². The smallest absolute Gasteiger partial charge is 0.336 e. The third-order valence-electron chi connectivity index (χ3n) is 4.18. The zero-order valence-corrected chi connectivity index (χ0v) is 17.3. The van der Waals surface area contributed by atoms with Gasteiger partial charge in [0.25, 0.3) is 5.91 Å². The molecular formula is C25H21N3O4. The van der Waals surface area contributed by atoms with E-state index in [9.17, 15) is 14.4 Å². The van der Waals surface area contributed by atoms with Crippen molar-refractivity contribution < 1.29 is 19.1 Å². The van der Waals surface area contributed by atoms with E-state index in [0.29, 0.717) is 22.6 Å². The lowest BCUT2D eigenvalue weighted by Crippen LogP contribution is -2.17. The quantitative estimate of drug-likeness (QED) is 0.196. The number of carbonyl (C=O) groups is 3. The first kappa shape index (κ1) is 22.2. The van der Waals surface area contributed by atoms with Crippen molar-refractivity contribution in [1.82, 2.24) is 5.43 Å². The molecule has 7 nitrogen and oxygen atoms in total. The predicted octanol–water partition coefficient (Wildman–Crippen LogP) is 4.03. The van der Waals surface area contributed by atoms with Crippen LogP contribution in [0.2, 0.25) is 0 Å². The van der Waals surface area contributed by atoms with Crippen molar-refractivity contribution in [3.8, 4) is 5.75 Å². The summed E-state index contributed by atoms with van der Waals surface area (Å²) in [6, 6.07) is 22.6. The summed E-state index contributed by atoms with van der Waals surface area (Å²) in [5.41, 5.74) is 4.80. The molecule has 0 aromatic heterocycles. The first-order valence-electron chi connectivity index (χ1n) is 9.76. The highest BCUT2D eigenvalue weighted by Crippen LogP contribution is 2.16. The molecule has 3 aromatic carbocycles. The number of hydrogen-bond donors (Lipinski definition) is 2. The van der Waals surface area contributed by atoms with E-state index in [1.54, 1.807) is 54.6 Å². The highest BCUT2D eigenvalue weighted by molar-refractivity contribution is 5.96. The van der Waals surface area contributed by atoms with Gasteiger partial charge in [0.15, 0.2) is 0 Å². The van der Waals surface area contributed by atoms with Gasteiger partial charge in [-0.15, -0.1) is 0 Å². The van der Waals surface area contributed by atoms with Gasteiger partial charge >= 0.3 is 5.97 Å². The zero-order chi connectivity index (χ0) is 22.8. The molecule has 0 fully saturated rings. The average Bonchev–Trinajstić information content (AvgIpc) is 2.79. The SMILES string of the molecule is CC(=O)Nc1ccc(C(=O)N/N=C/c2ccccc2OC(=O)/C=C/c2ccccc2)cc1. The second kappa shape index (κ2) is 11.0.